The number of carbonyl (C=O) groups is 1. The van der Waals surface area contributed by atoms with Crippen LogP contribution in [0.4, 0.5) is 5.69 Å². The van der Waals surface area contributed by atoms with Crippen molar-refractivity contribution in [2.45, 2.75) is 68.6 Å². The van der Waals surface area contributed by atoms with Gasteiger partial charge in [0, 0.05) is 75.5 Å². The van der Waals surface area contributed by atoms with Gasteiger partial charge in [0.15, 0.2) is 0 Å². The molecule has 52 heavy (non-hydrogen) atoms. The fraction of sp³-hybridized carbons (Fsp3) is 0.625. The summed E-state index contributed by atoms with van der Waals surface area (Å²) in [4.78, 5) is 20.8. The number of aryl methyl sites for hydroxylation is 1. The number of fused-ring (bicyclic) bond motifs is 4. The molecule has 0 aromatic heterocycles. The van der Waals surface area contributed by atoms with Crippen LogP contribution in [-0.4, -0.2) is 113 Å². The van der Waals surface area contributed by atoms with E-state index in [1.165, 1.54) is 11.1 Å². The second-order valence-electron chi connectivity index (χ2n) is 16.0. The number of methoxy groups -OCH3 is 1. The molecule has 284 valence electrons. The lowest BCUT2D eigenvalue weighted by Gasteiger charge is -2.52. The molecule has 12 heteroatoms. The van der Waals surface area contributed by atoms with Crippen molar-refractivity contribution < 1.29 is 27.8 Å². The first-order valence-electron chi connectivity index (χ1n) is 19.1. The van der Waals surface area contributed by atoms with E-state index in [4.69, 9.17) is 21.1 Å². The van der Waals surface area contributed by atoms with Crippen molar-refractivity contribution in [3.63, 3.8) is 0 Å². The van der Waals surface area contributed by atoms with Gasteiger partial charge in [0.25, 0.3) is 5.91 Å². The van der Waals surface area contributed by atoms with Crippen molar-refractivity contribution in [1.82, 2.24) is 14.5 Å². The summed E-state index contributed by atoms with van der Waals surface area (Å²) < 4.78 is 42.9. The number of aliphatic hydroxyl groups is 1. The molecule has 6 atom stereocenters. The van der Waals surface area contributed by atoms with Gasteiger partial charge in [0.2, 0.25) is 10.0 Å². The molecule has 2 aliphatic carbocycles. The molecule has 2 aromatic carbocycles. The fourth-order valence-electron chi connectivity index (χ4n) is 9.47. The number of nitrogens with zero attached hydrogens (tertiary/aromatic N) is 3. The Morgan fingerprint density at radius 3 is 2.60 bits per heavy atom. The number of benzene rings is 2. The van der Waals surface area contributed by atoms with Crippen LogP contribution in [-0.2, 0) is 26.6 Å². The third-order valence-corrected chi connectivity index (χ3v) is 15.1. The molecule has 2 bridgehead atoms. The first-order valence-corrected chi connectivity index (χ1v) is 21.0. The number of rotatable bonds is 5. The normalized spacial score (nSPS) is 33.2. The molecule has 7 rings (SSSR count). The Morgan fingerprint density at radius 2 is 1.87 bits per heavy atom. The number of aliphatic hydroxyl groups excluding tert-OH is 1. The molecule has 2 N–H and O–H groups in total. The highest BCUT2D eigenvalue weighted by Gasteiger charge is 2.50. The number of nitrogens with one attached hydrogen (secondary N) is 1. The van der Waals surface area contributed by atoms with E-state index >= 15 is 0 Å². The predicted octanol–water partition coefficient (Wildman–Crippen LogP) is 4.88. The Kier molecular flexibility index (Phi) is 11.0. The lowest BCUT2D eigenvalue weighted by molar-refractivity contribution is -0.0956. The van der Waals surface area contributed by atoms with Crippen LogP contribution in [0.5, 0.6) is 5.75 Å². The third-order valence-electron chi connectivity index (χ3n) is 13.0. The quantitative estimate of drug-likeness (QED) is 0.413. The molecule has 3 aliphatic heterocycles. The Hall–Kier alpha value is -2.67. The van der Waals surface area contributed by atoms with Gasteiger partial charge in [-0.2, -0.15) is 0 Å². The minimum Gasteiger partial charge on any atom is -0.490 e. The standard InChI is InChI=1S/C40H55ClN4O6S/c1-28-6-4-15-40(50-3,26-44-18-16-43(17-19-44)20-21-46)35-11-8-32(35)24-45-25-39(14-5-7-30-22-33(41)10-12-34(30)39)27-51-37-13-9-31(23-36(37)45)38(47)42-52(48,49)29(28)2/h4,9-10,12-13,15,22-23,28-29,32,35,46H,5-8,11,14,16-21,24-27H2,1-3H3,(H,42,47)/b15-4+/t28-,29+,32-,35+,39-,40+/m0/s1. The van der Waals surface area contributed by atoms with Crippen molar-refractivity contribution in [2.75, 3.05) is 77.6 Å². The van der Waals surface area contributed by atoms with Crippen LogP contribution >= 0.6 is 11.6 Å². The zero-order valence-corrected chi connectivity index (χ0v) is 32.4. The maximum atomic E-state index is 13.6. The first kappa shape index (κ1) is 37.6. The lowest BCUT2D eigenvalue weighted by Crippen LogP contribution is -2.59. The van der Waals surface area contributed by atoms with E-state index in [1.807, 2.05) is 32.2 Å². The number of amides is 1. The van der Waals surface area contributed by atoms with Gasteiger partial charge in [-0.15, -0.1) is 0 Å². The molecular formula is C40H55ClN4O6S. The summed E-state index contributed by atoms with van der Waals surface area (Å²) in [5.41, 5.74) is 2.82. The zero-order chi connectivity index (χ0) is 36.7. The largest absolute Gasteiger partial charge is 0.490 e. The Labute approximate surface area is 314 Å². The van der Waals surface area contributed by atoms with E-state index in [1.54, 1.807) is 13.0 Å². The third kappa shape index (κ3) is 7.38. The maximum absolute atomic E-state index is 13.6. The van der Waals surface area contributed by atoms with E-state index in [2.05, 4.69) is 43.7 Å². The van der Waals surface area contributed by atoms with Crippen LogP contribution in [0.1, 0.15) is 67.4 Å². The predicted molar refractivity (Wildman–Crippen MR) is 205 cm³/mol. The van der Waals surface area contributed by atoms with Crippen LogP contribution in [0, 0.1) is 17.8 Å². The SMILES string of the molecule is CO[C@@]1(CN2CCN(CCO)CC2)/C=C/C[C@H](C)[C@@H](C)S(=O)(=O)NC(=O)c2ccc3c(c2)N(C[C@@H]2CC[C@H]21)C[C@@]1(CCCc2cc(Cl)ccc21)CO3. The van der Waals surface area contributed by atoms with Crippen molar-refractivity contribution in [2.24, 2.45) is 17.8 Å². The van der Waals surface area contributed by atoms with Crippen LogP contribution < -0.4 is 14.4 Å². The summed E-state index contributed by atoms with van der Waals surface area (Å²) in [6.45, 7) is 10.8. The number of carbonyl (C=O) groups excluding carboxylic acids is 1. The highest BCUT2D eigenvalue weighted by molar-refractivity contribution is 7.90. The van der Waals surface area contributed by atoms with E-state index < -0.39 is 26.8 Å². The fourth-order valence-corrected chi connectivity index (χ4v) is 10.9. The summed E-state index contributed by atoms with van der Waals surface area (Å²) in [6, 6.07) is 11.6. The van der Waals surface area contributed by atoms with E-state index in [0.717, 1.165) is 82.1 Å². The zero-order valence-electron chi connectivity index (χ0n) is 30.9. The number of halogens is 1. The topological polar surface area (TPSA) is 112 Å². The van der Waals surface area contributed by atoms with Gasteiger partial charge < -0.3 is 19.5 Å². The van der Waals surface area contributed by atoms with Crippen molar-refractivity contribution in [3.8, 4) is 5.75 Å². The van der Waals surface area contributed by atoms with E-state index in [-0.39, 0.29) is 23.9 Å². The highest BCUT2D eigenvalue weighted by Crippen LogP contribution is 2.49. The summed E-state index contributed by atoms with van der Waals surface area (Å²) in [6.07, 6.45) is 9.94. The monoisotopic (exact) mass is 754 g/mol. The van der Waals surface area contributed by atoms with Crippen LogP contribution in [0.3, 0.4) is 0 Å². The first-order chi connectivity index (χ1) is 25.0. The van der Waals surface area contributed by atoms with Gasteiger partial charge in [-0.1, -0.05) is 36.7 Å². The van der Waals surface area contributed by atoms with Gasteiger partial charge in [-0.05, 0) is 105 Å². The number of ether oxygens (including phenoxy) is 2. The highest BCUT2D eigenvalue weighted by atomic mass is 35.5. The van der Waals surface area contributed by atoms with Crippen molar-refractivity contribution in [1.29, 1.82) is 0 Å². The Bertz CT molecular complexity index is 1770. The van der Waals surface area contributed by atoms with E-state index in [9.17, 15) is 18.3 Å². The summed E-state index contributed by atoms with van der Waals surface area (Å²) in [5, 5.41) is 9.46. The number of piperazine rings is 1. The second kappa shape index (κ2) is 15.2. The molecule has 3 heterocycles. The van der Waals surface area contributed by atoms with Crippen molar-refractivity contribution in [3.05, 3.63) is 70.3 Å². The lowest BCUT2D eigenvalue weighted by atomic mass is 9.63. The molecular weight excluding hydrogens is 700 g/mol. The summed E-state index contributed by atoms with van der Waals surface area (Å²) in [7, 11) is -2.14. The molecule has 1 spiro atoms. The minimum atomic E-state index is -3.96. The molecule has 10 nitrogen and oxygen atoms in total. The molecule has 0 unspecified atom stereocenters. The number of β-amino-alcohol motifs (C(OH)–C–C–N with tert-alkyl or cyclic N) is 1. The molecule has 1 amide bonds. The molecule has 5 aliphatic rings. The molecule has 1 saturated heterocycles. The number of allylic oxidation sites excluding steroid dienone is 1. The van der Waals surface area contributed by atoms with Crippen LogP contribution in [0.2, 0.25) is 5.02 Å². The molecule has 0 radical (unpaired) electrons. The number of sulfonamides is 1. The van der Waals surface area contributed by atoms with Crippen LogP contribution in [0.25, 0.3) is 0 Å². The number of hydrogen-bond donors (Lipinski definition) is 2. The van der Waals surface area contributed by atoms with Crippen LogP contribution in [0.15, 0.2) is 48.6 Å². The van der Waals surface area contributed by atoms with Gasteiger partial charge >= 0.3 is 0 Å². The van der Waals surface area contributed by atoms with E-state index in [0.29, 0.717) is 43.3 Å². The molecule has 2 aromatic rings. The minimum absolute atomic E-state index is 0.164. The Balaban J connectivity index is 1.28. The summed E-state index contributed by atoms with van der Waals surface area (Å²) >= 11 is 6.49. The number of anilines is 1. The average molecular weight is 755 g/mol. The van der Waals surface area contributed by atoms with Crippen molar-refractivity contribution >= 4 is 33.2 Å². The summed E-state index contributed by atoms with van der Waals surface area (Å²) in [5.74, 6) is 0.401. The average Bonchev–Trinajstić information content (AvgIpc) is 3.26. The van der Waals surface area contributed by atoms with Gasteiger partial charge in [0.1, 0.15) is 11.4 Å². The Morgan fingerprint density at radius 1 is 1.08 bits per heavy atom. The number of hydrogen-bond acceptors (Lipinski definition) is 9. The van der Waals surface area contributed by atoms with Gasteiger partial charge in [-0.25, -0.2) is 13.1 Å². The maximum Gasteiger partial charge on any atom is 0.264 e. The van der Waals surface area contributed by atoms with Gasteiger partial charge in [0.05, 0.1) is 24.2 Å². The second-order valence-corrected chi connectivity index (χ2v) is 18.5. The smallest absolute Gasteiger partial charge is 0.264 e. The molecule has 1 saturated carbocycles. The van der Waals surface area contributed by atoms with Gasteiger partial charge in [-0.3, -0.25) is 14.6 Å². The molecule has 2 fully saturated rings.